The van der Waals surface area contributed by atoms with Crippen molar-refractivity contribution < 1.29 is 4.79 Å². The second kappa shape index (κ2) is 6.87. The van der Waals surface area contributed by atoms with Crippen LogP contribution in [0.1, 0.15) is 61.9 Å². The van der Waals surface area contributed by atoms with E-state index in [0.29, 0.717) is 11.7 Å². The second-order valence-corrected chi connectivity index (χ2v) is 6.12. The van der Waals surface area contributed by atoms with E-state index in [1.807, 2.05) is 6.07 Å². The summed E-state index contributed by atoms with van der Waals surface area (Å²) in [6.45, 7) is 2.06. The predicted octanol–water partition coefficient (Wildman–Crippen LogP) is 2.53. The van der Waals surface area contributed by atoms with Crippen LogP contribution in [0.2, 0.25) is 0 Å². The molecule has 2 fully saturated rings. The summed E-state index contributed by atoms with van der Waals surface area (Å²) in [6, 6.07) is 2.14. The van der Waals surface area contributed by atoms with Crippen LogP contribution in [-0.2, 0) is 0 Å². The van der Waals surface area contributed by atoms with Crippen LogP contribution in [0.5, 0.6) is 0 Å². The standard InChI is InChI=1S/C16H24N4O/c21-16(19-13-7-3-1-2-4-8-13)14-11-15(18-12-17-14)20-9-5-6-10-20/h11-13H,1-10H2,(H,19,21). The fourth-order valence-electron chi connectivity index (χ4n) is 3.27. The summed E-state index contributed by atoms with van der Waals surface area (Å²) in [5.74, 6) is 0.832. The average molecular weight is 288 g/mol. The van der Waals surface area contributed by atoms with Crippen molar-refractivity contribution in [3.05, 3.63) is 18.1 Å². The number of rotatable bonds is 3. The Hall–Kier alpha value is -1.65. The molecule has 1 aromatic rings. The van der Waals surface area contributed by atoms with Gasteiger partial charge in [0.05, 0.1) is 0 Å². The zero-order valence-electron chi connectivity index (χ0n) is 12.6. The zero-order chi connectivity index (χ0) is 14.5. The Kier molecular flexibility index (Phi) is 4.68. The van der Waals surface area contributed by atoms with Gasteiger partial charge in [0.1, 0.15) is 17.8 Å². The quantitative estimate of drug-likeness (QED) is 0.868. The highest BCUT2D eigenvalue weighted by Crippen LogP contribution is 2.19. The Balaban J connectivity index is 1.64. The van der Waals surface area contributed by atoms with Gasteiger partial charge in [-0.25, -0.2) is 9.97 Å². The van der Waals surface area contributed by atoms with E-state index in [1.54, 1.807) is 0 Å². The van der Waals surface area contributed by atoms with Gasteiger partial charge in [-0.05, 0) is 25.7 Å². The summed E-state index contributed by atoms with van der Waals surface area (Å²) in [5.41, 5.74) is 0.496. The van der Waals surface area contributed by atoms with Gasteiger partial charge in [0.2, 0.25) is 0 Å². The van der Waals surface area contributed by atoms with E-state index in [4.69, 9.17) is 0 Å². The van der Waals surface area contributed by atoms with Crippen LogP contribution in [-0.4, -0.2) is 35.0 Å². The molecular weight excluding hydrogens is 264 g/mol. The zero-order valence-corrected chi connectivity index (χ0v) is 12.6. The van der Waals surface area contributed by atoms with E-state index < -0.39 is 0 Å². The Labute approximate surface area is 126 Å². The summed E-state index contributed by atoms with van der Waals surface area (Å²) < 4.78 is 0. The number of carbonyl (C=O) groups excluding carboxylic acids is 1. The van der Waals surface area contributed by atoms with Gasteiger partial charge in [-0.1, -0.05) is 25.7 Å². The molecule has 1 N–H and O–H groups in total. The monoisotopic (exact) mass is 288 g/mol. The molecule has 2 heterocycles. The molecule has 0 bridgehead atoms. The number of nitrogens with zero attached hydrogens (tertiary/aromatic N) is 3. The van der Waals surface area contributed by atoms with E-state index in [0.717, 1.165) is 31.7 Å². The summed E-state index contributed by atoms with van der Waals surface area (Å²) in [7, 11) is 0. The topological polar surface area (TPSA) is 58.1 Å². The normalized spacial score (nSPS) is 20.3. The molecule has 5 nitrogen and oxygen atoms in total. The first kappa shape index (κ1) is 14.3. The van der Waals surface area contributed by atoms with Crippen LogP contribution in [0.25, 0.3) is 0 Å². The fraction of sp³-hybridized carbons (Fsp3) is 0.688. The molecule has 0 spiro atoms. The molecule has 1 saturated carbocycles. The van der Waals surface area contributed by atoms with Crippen molar-refractivity contribution >= 4 is 11.7 Å². The molecule has 1 aliphatic heterocycles. The first-order chi connectivity index (χ1) is 10.3. The van der Waals surface area contributed by atoms with Crippen molar-refractivity contribution in [2.45, 2.75) is 57.4 Å². The van der Waals surface area contributed by atoms with E-state index in [9.17, 15) is 4.79 Å². The van der Waals surface area contributed by atoms with Crippen molar-refractivity contribution in [3.8, 4) is 0 Å². The maximum atomic E-state index is 12.4. The molecule has 5 heteroatoms. The number of carbonyl (C=O) groups is 1. The number of anilines is 1. The molecular formula is C16H24N4O. The highest BCUT2D eigenvalue weighted by atomic mass is 16.1. The lowest BCUT2D eigenvalue weighted by molar-refractivity contribution is 0.0928. The van der Waals surface area contributed by atoms with Crippen molar-refractivity contribution in [1.82, 2.24) is 15.3 Å². The molecule has 2 aliphatic rings. The Morgan fingerprint density at radius 3 is 2.48 bits per heavy atom. The molecule has 0 radical (unpaired) electrons. The molecule has 114 valence electrons. The smallest absolute Gasteiger partial charge is 0.270 e. The maximum Gasteiger partial charge on any atom is 0.270 e. The van der Waals surface area contributed by atoms with Crippen molar-refractivity contribution in [3.63, 3.8) is 0 Å². The summed E-state index contributed by atoms with van der Waals surface area (Å²) in [6.07, 6.45) is 11.1. The molecule has 3 rings (SSSR count). The largest absolute Gasteiger partial charge is 0.357 e. The predicted molar refractivity (Wildman–Crippen MR) is 82.4 cm³/mol. The van der Waals surface area contributed by atoms with E-state index in [-0.39, 0.29) is 5.91 Å². The molecule has 1 amide bonds. The SMILES string of the molecule is O=C(NC1CCCCCC1)c1cc(N2CCCC2)ncn1. The third kappa shape index (κ3) is 3.71. The number of hydrogen-bond acceptors (Lipinski definition) is 4. The molecule has 0 unspecified atom stereocenters. The fourth-order valence-corrected chi connectivity index (χ4v) is 3.27. The van der Waals surface area contributed by atoms with Gasteiger partial charge in [-0.3, -0.25) is 4.79 Å². The van der Waals surface area contributed by atoms with Crippen molar-refractivity contribution in [1.29, 1.82) is 0 Å². The third-order valence-corrected chi connectivity index (χ3v) is 4.51. The average Bonchev–Trinajstić information content (AvgIpc) is 2.93. The van der Waals surface area contributed by atoms with Crippen LogP contribution in [0.15, 0.2) is 12.4 Å². The van der Waals surface area contributed by atoms with Gasteiger partial charge in [-0.15, -0.1) is 0 Å². The highest BCUT2D eigenvalue weighted by molar-refractivity contribution is 5.93. The Morgan fingerprint density at radius 2 is 1.76 bits per heavy atom. The van der Waals surface area contributed by atoms with Gasteiger partial charge in [-0.2, -0.15) is 0 Å². The van der Waals surface area contributed by atoms with Crippen LogP contribution in [0.4, 0.5) is 5.82 Å². The first-order valence-corrected chi connectivity index (χ1v) is 8.21. The molecule has 21 heavy (non-hydrogen) atoms. The summed E-state index contributed by atoms with van der Waals surface area (Å²) in [5, 5.41) is 3.15. The van der Waals surface area contributed by atoms with E-state index >= 15 is 0 Å². The Bertz CT molecular complexity index is 477. The molecule has 0 aromatic carbocycles. The van der Waals surface area contributed by atoms with Gasteiger partial charge < -0.3 is 10.2 Å². The van der Waals surface area contributed by atoms with Crippen LogP contribution in [0.3, 0.4) is 0 Å². The minimum Gasteiger partial charge on any atom is -0.357 e. The highest BCUT2D eigenvalue weighted by Gasteiger charge is 2.19. The maximum absolute atomic E-state index is 12.4. The number of amides is 1. The van der Waals surface area contributed by atoms with Gasteiger partial charge in [0, 0.05) is 25.2 Å². The lowest BCUT2D eigenvalue weighted by atomic mass is 10.1. The van der Waals surface area contributed by atoms with Crippen molar-refractivity contribution in [2.75, 3.05) is 18.0 Å². The third-order valence-electron chi connectivity index (χ3n) is 4.51. The van der Waals surface area contributed by atoms with Gasteiger partial charge in [0.15, 0.2) is 0 Å². The molecule has 1 saturated heterocycles. The minimum atomic E-state index is -0.0512. The molecule has 1 aliphatic carbocycles. The van der Waals surface area contributed by atoms with Gasteiger partial charge >= 0.3 is 0 Å². The summed E-state index contributed by atoms with van der Waals surface area (Å²) >= 11 is 0. The molecule has 1 aromatic heterocycles. The molecule has 0 atom stereocenters. The van der Waals surface area contributed by atoms with Crippen LogP contribution < -0.4 is 10.2 Å². The number of aromatic nitrogens is 2. The van der Waals surface area contributed by atoms with Crippen LogP contribution in [0, 0.1) is 0 Å². The number of nitrogens with one attached hydrogen (secondary N) is 1. The van der Waals surface area contributed by atoms with Crippen molar-refractivity contribution in [2.24, 2.45) is 0 Å². The first-order valence-electron chi connectivity index (χ1n) is 8.21. The van der Waals surface area contributed by atoms with Crippen LogP contribution >= 0.6 is 0 Å². The van der Waals surface area contributed by atoms with E-state index in [2.05, 4.69) is 20.2 Å². The lowest BCUT2D eigenvalue weighted by Gasteiger charge is -2.18. The van der Waals surface area contributed by atoms with Gasteiger partial charge in [0.25, 0.3) is 5.91 Å². The number of hydrogen-bond donors (Lipinski definition) is 1. The Morgan fingerprint density at radius 1 is 1.05 bits per heavy atom. The van der Waals surface area contributed by atoms with E-state index in [1.165, 1.54) is 44.9 Å². The second-order valence-electron chi connectivity index (χ2n) is 6.12. The summed E-state index contributed by atoms with van der Waals surface area (Å²) in [4.78, 5) is 23.0. The lowest BCUT2D eigenvalue weighted by Crippen LogP contribution is -2.35. The minimum absolute atomic E-state index is 0.0512.